The second-order valence-electron chi connectivity index (χ2n) is 6.04. The lowest BCUT2D eigenvalue weighted by molar-refractivity contribution is 0.563. The van der Waals surface area contributed by atoms with Gasteiger partial charge >= 0.3 is 0 Å². The molecule has 4 heteroatoms. The van der Waals surface area contributed by atoms with Crippen LogP contribution in [0.2, 0.25) is 0 Å². The standard InChI is InChI=1S/C17H18N4/c18-10-13-9-12-3-1-2-4-16(12)20-17(13)21-8-7-14-5-6-15(11-21)19-14/h1-4,9,14-15,19H,5-8,11H2. The Morgan fingerprint density at radius 1 is 1.19 bits per heavy atom. The number of pyridine rings is 1. The largest absolute Gasteiger partial charge is 0.354 e. The first-order chi connectivity index (χ1) is 10.3. The topological polar surface area (TPSA) is 52.0 Å². The molecule has 0 saturated carbocycles. The fraction of sp³-hybridized carbons (Fsp3) is 0.412. The van der Waals surface area contributed by atoms with Crippen LogP contribution < -0.4 is 10.2 Å². The lowest BCUT2D eigenvalue weighted by atomic mass is 10.1. The first-order valence-electron chi connectivity index (χ1n) is 7.64. The van der Waals surface area contributed by atoms with E-state index >= 15 is 0 Å². The van der Waals surface area contributed by atoms with Crippen LogP contribution in [0.15, 0.2) is 30.3 Å². The molecule has 1 aromatic carbocycles. The summed E-state index contributed by atoms with van der Waals surface area (Å²) in [6.07, 6.45) is 3.65. The minimum absolute atomic E-state index is 0.539. The molecule has 3 heterocycles. The van der Waals surface area contributed by atoms with Crippen LogP contribution in [0.5, 0.6) is 0 Å². The molecule has 4 rings (SSSR count). The van der Waals surface area contributed by atoms with Gasteiger partial charge in [0.15, 0.2) is 0 Å². The van der Waals surface area contributed by atoms with Crippen molar-refractivity contribution < 1.29 is 0 Å². The van der Waals surface area contributed by atoms with Crippen LogP contribution >= 0.6 is 0 Å². The maximum absolute atomic E-state index is 9.48. The zero-order valence-corrected chi connectivity index (χ0v) is 11.9. The van der Waals surface area contributed by atoms with Gasteiger partial charge in [-0.1, -0.05) is 18.2 Å². The minimum Gasteiger partial charge on any atom is -0.354 e. The molecule has 1 N–H and O–H groups in total. The number of anilines is 1. The average molecular weight is 278 g/mol. The second-order valence-corrected chi connectivity index (χ2v) is 6.04. The van der Waals surface area contributed by atoms with Crippen LogP contribution in [0.4, 0.5) is 5.82 Å². The van der Waals surface area contributed by atoms with Gasteiger partial charge in [0, 0.05) is 30.6 Å². The van der Waals surface area contributed by atoms with Crippen molar-refractivity contribution in [3.8, 4) is 6.07 Å². The molecule has 0 amide bonds. The highest BCUT2D eigenvalue weighted by Gasteiger charge is 2.30. The summed E-state index contributed by atoms with van der Waals surface area (Å²) in [6.45, 7) is 1.94. The summed E-state index contributed by atoms with van der Waals surface area (Å²) in [5.41, 5.74) is 1.65. The number of aromatic nitrogens is 1. The number of nitrogens with zero attached hydrogens (tertiary/aromatic N) is 3. The highest BCUT2D eigenvalue weighted by Crippen LogP contribution is 2.27. The third-order valence-corrected chi connectivity index (χ3v) is 4.65. The molecular weight excluding hydrogens is 260 g/mol. The predicted molar refractivity (Wildman–Crippen MR) is 83.2 cm³/mol. The van der Waals surface area contributed by atoms with Gasteiger partial charge in [-0.05, 0) is 31.4 Å². The highest BCUT2D eigenvalue weighted by atomic mass is 15.2. The van der Waals surface area contributed by atoms with Crippen molar-refractivity contribution in [2.45, 2.75) is 31.3 Å². The maximum Gasteiger partial charge on any atom is 0.147 e. The van der Waals surface area contributed by atoms with Gasteiger partial charge in [0.05, 0.1) is 11.1 Å². The quantitative estimate of drug-likeness (QED) is 0.870. The van der Waals surface area contributed by atoms with Gasteiger partial charge < -0.3 is 10.2 Å². The van der Waals surface area contributed by atoms with Crippen LogP contribution in [0, 0.1) is 11.3 Å². The summed E-state index contributed by atoms with van der Waals surface area (Å²) in [7, 11) is 0. The van der Waals surface area contributed by atoms with Crippen LogP contribution in [0.1, 0.15) is 24.8 Å². The Morgan fingerprint density at radius 2 is 2.05 bits per heavy atom. The van der Waals surface area contributed by atoms with Gasteiger partial charge in [-0.3, -0.25) is 0 Å². The lowest BCUT2D eigenvalue weighted by Gasteiger charge is -2.26. The van der Waals surface area contributed by atoms with Crippen molar-refractivity contribution in [3.05, 3.63) is 35.9 Å². The maximum atomic E-state index is 9.48. The third-order valence-electron chi connectivity index (χ3n) is 4.65. The summed E-state index contributed by atoms with van der Waals surface area (Å²) in [4.78, 5) is 7.06. The summed E-state index contributed by atoms with van der Waals surface area (Å²) in [5, 5.41) is 14.2. The van der Waals surface area contributed by atoms with Gasteiger partial charge in [-0.15, -0.1) is 0 Å². The van der Waals surface area contributed by atoms with Crippen molar-refractivity contribution in [1.82, 2.24) is 10.3 Å². The monoisotopic (exact) mass is 278 g/mol. The Kier molecular flexibility index (Phi) is 3.01. The molecule has 21 heavy (non-hydrogen) atoms. The Bertz CT molecular complexity index is 718. The first-order valence-corrected chi connectivity index (χ1v) is 7.64. The van der Waals surface area contributed by atoms with Crippen LogP contribution in [0.25, 0.3) is 10.9 Å². The molecule has 2 aliphatic heterocycles. The number of hydrogen-bond donors (Lipinski definition) is 1. The van der Waals surface area contributed by atoms with E-state index in [-0.39, 0.29) is 0 Å². The normalized spacial score (nSPS) is 24.8. The fourth-order valence-corrected chi connectivity index (χ4v) is 3.56. The Hall–Kier alpha value is -2.12. The van der Waals surface area contributed by atoms with E-state index in [1.165, 1.54) is 12.8 Å². The third kappa shape index (κ3) is 2.24. The number of benzene rings is 1. The molecule has 2 atom stereocenters. The van der Waals surface area contributed by atoms with Crippen molar-refractivity contribution in [2.75, 3.05) is 18.0 Å². The SMILES string of the molecule is N#Cc1cc2ccccc2nc1N1CCC2CCC(C1)N2. The molecule has 2 aromatic rings. The minimum atomic E-state index is 0.539. The smallest absolute Gasteiger partial charge is 0.147 e. The number of para-hydroxylation sites is 1. The van der Waals surface area contributed by atoms with Gasteiger partial charge in [0.2, 0.25) is 0 Å². The second kappa shape index (κ2) is 5.01. The van der Waals surface area contributed by atoms with E-state index in [0.717, 1.165) is 36.2 Å². The van der Waals surface area contributed by atoms with Gasteiger partial charge in [0.25, 0.3) is 0 Å². The van der Waals surface area contributed by atoms with Gasteiger partial charge in [-0.25, -0.2) is 4.98 Å². The van der Waals surface area contributed by atoms with Crippen molar-refractivity contribution in [2.24, 2.45) is 0 Å². The Labute approximate surface area is 124 Å². The molecule has 2 saturated heterocycles. The molecule has 1 aromatic heterocycles. The van der Waals surface area contributed by atoms with E-state index in [1.807, 2.05) is 30.3 Å². The number of fused-ring (bicyclic) bond motifs is 3. The molecule has 2 bridgehead atoms. The first kappa shape index (κ1) is 12.6. The van der Waals surface area contributed by atoms with E-state index in [0.29, 0.717) is 17.6 Å². The number of hydrogen-bond acceptors (Lipinski definition) is 4. The molecule has 0 radical (unpaired) electrons. The highest BCUT2D eigenvalue weighted by molar-refractivity contribution is 5.83. The fourth-order valence-electron chi connectivity index (χ4n) is 3.56. The summed E-state index contributed by atoms with van der Waals surface area (Å²) in [5.74, 6) is 0.852. The van der Waals surface area contributed by atoms with E-state index < -0.39 is 0 Å². The van der Waals surface area contributed by atoms with E-state index in [2.05, 4.69) is 16.3 Å². The summed E-state index contributed by atoms with van der Waals surface area (Å²) >= 11 is 0. The zero-order valence-electron chi connectivity index (χ0n) is 11.9. The van der Waals surface area contributed by atoms with Gasteiger partial charge in [0.1, 0.15) is 11.9 Å². The molecular formula is C17H18N4. The van der Waals surface area contributed by atoms with Crippen molar-refractivity contribution >= 4 is 16.7 Å². The average Bonchev–Trinajstić information content (AvgIpc) is 2.85. The van der Waals surface area contributed by atoms with E-state index in [4.69, 9.17) is 4.98 Å². The lowest BCUT2D eigenvalue weighted by Crippen LogP contribution is -2.36. The molecule has 0 spiro atoms. The van der Waals surface area contributed by atoms with E-state index in [9.17, 15) is 5.26 Å². The van der Waals surface area contributed by atoms with Crippen LogP contribution in [-0.2, 0) is 0 Å². The number of rotatable bonds is 1. The molecule has 2 fully saturated rings. The molecule has 2 unspecified atom stereocenters. The molecule has 106 valence electrons. The predicted octanol–water partition coefficient (Wildman–Crippen LogP) is 2.44. The van der Waals surface area contributed by atoms with Crippen molar-refractivity contribution in [3.63, 3.8) is 0 Å². The Morgan fingerprint density at radius 3 is 2.95 bits per heavy atom. The van der Waals surface area contributed by atoms with Crippen LogP contribution in [0.3, 0.4) is 0 Å². The van der Waals surface area contributed by atoms with Gasteiger partial charge in [-0.2, -0.15) is 5.26 Å². The summed E-state index contributed by atoms with van der Waals surface area (Å²) < 4.78 is 0. The van der Waals surface area contributed by atoms with Crippen molar-refractivity contribution in [1.29, 1.82) is 5.26 Å². The summed E-state index contributed by atoms with van der Waals surface area (Å²) in [6, 6.07) is 13.5. The van der Waals surface area contributed by atoms with Crippen LogP contribution in [-0.4, -0.2) is 30.2 Å². The number of nitriles is 1. The molecule has 2 aliphatic rings. The zero-order chi connectivity index (χ0) is 14.2. The molecule has 4 nitrogen and oxygen atoms in total. The number of nitrogens with one attached hydrogen (secondary N) is 1. The van der Waals surface area contributed by atoms with E-state index in [1.54, 1.807) is 0 Å². The molecule has 0 aliphatic carbocycles. The Balaban J connectivity index is 1.76.